The van der Waals surface area contributed by atoms with Crippen LogP contribution in [-0.2, 0) is 0 Å². The van der Waals surface area contributed by atoms with Crippen molar-refractivity contribution >= 4 is 23.9 Å². The Hall–Kier alpha value is -3.53. The molecule has 0 spiro atoms. The molecule has 0 radical (unpaired) electrons. The van der Waals surface area contributed by atoms with Gasteiger partial charge in [0.05, 0.1) is 12.7 Å². The molecule has 0 saturated heterocycles. The second kappa shape index (κ2) is 9.95. The second-order valence-corrected chi connectivity index (χ2v) is 8.37. The summed E-state index contributed by atoms with van der Waals surface area (Å²) in [5, 5.41) is 0. The van der Waals surface area contributed by atoms with E-state index in [0.29, 0.717) is 0 Å². The first-order valence-corrected chi connectivity index (χ1v) is 11.6. The molecule has 4 rings (SSSR count). The topological polar surface area (TPSA) is 15.5 Å². The van der Waals surface area contributed by atoms with Crippen molar-refractivity contribution in [2.45, 2.75) is 26.7 Å². The first-order chi connectivity index (χ1) is 16.1. The van der Waals surface area contributed by atoms with Crippen LogP contribution >= 0.6 is 0 Å². The van der Waals surface area contributed by atoms with E-state index in [4.69, 9.17) is 4.74 Å². The van der Waals surface area contributed by atoms with Gasteiger partial charge in [0.2, 0.25) is 11.4 Å². The zero-order valence-electron chi connectivity index (χ0n) is 20.1. The minimum Gasteiger partial charge on any atom is -0.496 e. The molecule has 0 atom stereocenters. The number of methoxy groups -OCH3 is 1. The third-order valence-corrected chi connectivity index (χ3v) is 6.41. The van der Waals surface area contributed by atoms with Crippen molar-refractivity contribution < 1.29 is 9.31 Å². The van der Waals surface area contributed by atoms with Gasteiger partial charge in [-0.15, -0.1) is 0 Å². The molecule has 2 aliphatic rings. The normalized spacial score (nSPS) is 19.9. The summed E-state index contributed by atoms with van der Waals surface area (Å²) in [6.07, 6.45) is 15.2. The number of fused-ring (bicyclic) bond motifs is 3. The predicted molar refractivity (Wildman–Crippen MR) is 142 cm³/mol. The van der Waals surface area contributed by atoms with Crippen LogP contribution in [0.25, 0.3) is 0 Å². The fourth-order valence-electron chi connectivity index (χ4n) is 4.74. The van der Waals surface area contributed by atoms with Crippen LogP contribution < -0.4 is 9.55 Å². The van der Waals surface area contributed by atoms with Gasteiger partial charge in [-0.25, -0.2) is 0 Å². The average Bonchev–Trinajstić information content (AvgIpc) is 2.85. The van der Waals surface area contributed by atoms with Crippen molar-refractivity contribution in [1.82, 2.24) is 0 Å². The number of unbranched alkanes of at least 4 members (excludes halogenated alkanes) is 1. The highest BCUT2D eigenvalue weighted by atomic mass is 16.5. The van der Waals surface area contributed by atoms with E-state index in [-0.39, 0.29) is 6.85 Å². The molecular weight excluding hydrogens is 403 g/mol. The smallest absolute Gasteiger partial charge is 0.321 e. The van der Waals surface area contributed by atoms with E-state index in [0.717, 1.165) is 46.7 Å². The Labute approximate surface area is 198 Å². The molecule has 0 unspecified atom stereocenters. The molecule has 0 bridgehead atoms. The molecule has 4 heteroatoms. The Bertz CT molecular complexity index is 1220. The Morgan fingerprint density at radius 3 is 2.70 bits per heavy atom. The van der Waals surface area contributed by atoms with Gasteiger partial charge in [-0.2, -0.15) is 4.58 Å². The summed E-state index contributed by atoms with van der Waals surface area (Å²) in [7, 11) is 3.88. The zero-order valence-corrected chi connectivity index (χ0v) is 20.1. The van der Waals surface area contributed by atoms with E-state index in [9.17, 15) is 0 Å². The molecule has 33 heavy (non-hydrogen) atoms. The van der Waals surface area contributed by atoms with Crippen molar-refractivity contribution in [3.8, 4) is 5.75 Å². The van der Waals surface area contributed by atoms with Crippen LogP contribution in [0.15, 0.2) is 103 Å². The molecule has 2 aromatic carbocycles. The summed E-state index contributed by atoms with van der Waals surface area (Å²) < 4.78 is 7.98. The van der Waals surface area contributed by atoms with Crippen LogP contribution in [0.4, 0.5) is 11.4 Å². The number of para-hydroxylation sites is 2. The maximum atomic E-state index is 5.68. The van der Waals surface area contributed by atoms with Gasteiger partial charge in [0.1, 0.15) is 18.5 Å². The molecule has 2 aromatic rings. The van der Waals surface area contributed by atoms with E-state index in [2.05, 4.69) is 110 Å². The molecular formula is C29H32BN2O+. The van der Waals surface area contributed by atoms with Crippen molar-refractivity contribution in [3.05, 3.63) is 114 Å². The number of nitrogens with zero attached hydrogens (tertiary/aromatic N) is 2. The molecule has 2 aliphatic heterocycles. The third kappa shape index (κ3) is 4.14. The second-order valence-electron chi connectivity index (χ2n) is 8.37. The SMILES string of the molecule is C=CC1=C(\C=C/CCC)B2C=CC=CN2c2ccccc2/[N+](C)=C\1c1cccc(OC)c1C. The Morgan fingerprint density at radius 1 is 1.12 bits per heavy atom. The zero-order chi connectivity index (χ0) is 23.4. The first kappa shape index (κ1) is 22.7. The van der Waals surface area contributed by atoms with Gasteiger partial charge in [-0.1, -0.05) is 68.4 Å². The molecule has 0 fully saturated rings. The number of hydrogen-bond acceptors (Lipinski definition) is 2. The molecule has 0 aromatic heterocycles. The Kier molecular flexibility index (Phi) is 6.83. The minimum atomic E-state index is 0.0758. The number of allylic oxidation sites excluding steroid dienone is 7. The standard InChI is InChI=1S/C29H32BN2O/c1-6-8-9-16-25-23(7-2)29(24-15-14-19-28(33-5)22(24)3)31(4)26-17-10-11-18-27(26)32-21-13-12-20-30(25)32/h7,9-21H,2,6,8H2,1,3-5H3/q+1/b16-9-,25-23-,31-29+. The maximum Gasteiger partial charge on any atom is 0.321 e. The van der Waals surface area contributed by atoms with Gasteiger partial charge in [0, 0.05) is 17.2 Å². The van der Waals surface area contributed by atoms with E-state index in [1.165, 1.54) is 11.2 Å². The quantitative estimate of drug-likeness (QED) is 0.376. The van der Waals surface area contributed by atoms with Gasteiger partial charge < -0.3 is 9.55 Å². The summed E-state index contributed by atoms with van der Waals surface area (Å²) in [5.41, 5.74) is 8.08. The van der Waals surface area contributed by atoms with Gasteiger partial charge in [-0.05, 0) is 49.3 Å². The van der Waals surface area contributed by atoms with Gasteiger partial charge in [0.15, 0.2) is 0 Å². The lowest BCUT2D eigenvalue weighted by Crippen LogP contribution is -2.40. The number of rotatable bonds is 6. The molecule has 2 heterocycles. The maximum absolute atomic E-state index is 5.68. The predicted octanol–water partition coefficient (Wildman–Crippen LogP) is 6.58. The van der Waals surface area contributed by atoms with E-state index < -0.39 is 0 Å². The first-order valence-electron chi connectivity index (χ1n) is 11.6. The van der Waals surface area contributed by atoms with Gasteiger partial charge in [0.25, 0.3) is 0 Å². The molecule has 3 nitrogen and oxygen atoms in total. The monoisotopic (exact) mass is 435 g/mol. The molecule has 0 saturated carbocycles. The van der Waals surface area contributed by atoms with Crippen LogP contribution in [0, 0.1) is 6.92 Å². The molecule has 0 N–H and O–H groups in total. The van der Waals surface area contributed by atoms with Crippen LogP contribution in [0.3, 0.4) is 0 Å². The van der Waals surface area contributed by atoms with Crippen LogP contribution in [-0.4, -0.2) is 31.3 Å². The van der Waals surface area contributed by atoms with Crippen LogP contribution in [0.2, 0.25) is 0 Å². The lowest BCUT2D eigenvalue weighted by molar-refractivity contribution is -0.403. The largest absolute Gasteiger partial charge is 0.496 e. The van der Waals surface area contributed by atoms with Crippen molar-refractivity contribution in [2.24, 2.45) is 0 Å². The average molecular weight is 435 g/mol. The summed E-state index contributed by atoms with van der Waals surface area (Å²) >= 11 is 0. The van der Waals surface area contributed by atoms with Crippen molar-refractivity contribution in [2.75, 3.05) is 19.0 Å². The fraction of sp³-hybridized carbons (Fsp3) is 0.207. The highest BCUT2D eigenvalue weighted by molar-refractivity contribution is 6.77. The number of anilines is 1. The van der Waals surface area contributed by atoms with E-state index >= 15 is 0 Å². The number of ether oxygens (including phenoxy) is 1. The molecule has 0 amide bonds. The summed E-state index contributed by atoms with van der Waals surface area (Å²) in [5.74, 6) is 3.16. The van der Waals surface area contributed by atoms with Gasteiger partial charge in [-0.3, -0.25) is 0 Å². The highest BCUT2D eigenvalue weighted by Gasteiger charge is 2.36. The number of hydrogen-bond donors (Lipinski definition) is 0. The van der Waals surface area contributed by atoms with Crippen LogP contribution in [0.5, 0.6) is 5.75 Å². The molecule has 166 valence electrons. The van der Waals surface area contributed by atoms with E-state index in [1.54, 1.807) is 7.11 Å². The third-order valence-electron chi connectivity index (χ3n) is 6.41. The summed E-state index contributed by atoms with van der Waals surface area (Å²) in [6.45, 7) is 8.69. The summed E-state index contributed by atoms with van der Waals surface area (Å²) in [6, 6.07) is 14.9. The fourth-order valence-corrected chi connectivity index (χ4v) is 4.74. The lowest BCUT2D eigenvalue weighted by atomic mass is 9.50. The molecule has 0 aliphatic carbocycles. The number of benzene rings is 2. The minimum absolute atomic E-state index is 0.0758. The Morgan fingerprint density at radius 2 is 1.94 bits per heavy atom. The van der Waals surface area contributed by atoms with E-state index in [1.807, 2.05) is 12.1 Å². The summed E-state index contributed by atoms with van der Waals surface area (Å²) in [4.78, 5) is 2.36. The lowest BCUT2D eigenvalue weighted by Gasteiger charge is -2.32. The van der Waals surface area contributed by atoms with Gasteiger partial charge >= 0.3 is 6.85 Å². The van der Waals surface area contributed by atoms with Crippen LogP contribution in [0.1, 0.15) is 30.9 Å². The van der Waals surface area contributed by atoms with Crippen molar-refractivity contribution in [3.63, 3.8) is 0 Å². The van der Waals surface area contributed by atoms with Crippen molar-refractivity contribution in [1.29, 1.82) is 0 Å². The highest BCUT2D eigenvalue weighted by Crippen LogP contribution is 2.37. The Balaban J connectivity index is 2.12.